The van der Waals surface area contributed by atoms with E-state index < -0.39 is 0 Å². The van der Waals surface area contributed by atoms with Crippen molar-refractivity contribution in [2.24, 2.45) is 5.92 Å². The minimum Gasteiger partial charge on any atom is -0.391 e. The van der Waals surface area contributed by atoms with Crippen molar-refractivity contribution in [2.45, 2.75) is 56.6 Å². The summed E-state index contributed by atoms with van der Waals surface area (Å²) in [6.45, 7) is 2.90. The van der Waals surface area contributed by atoms with E-state index >= 15 is 0 Å². The summed E-state index contributed by atoms with van der Waals surface area (Å²) >= 11 is 0. The lowest BCUT2D eigenvalue weighted by Crippen LogP contribution is -2.43. The molecule has 9 nitrogen and oxygen atoms in total. The molecule has 1 saturated heterocycles. The molecule has 3 fully saturated rings. The molecule has 0 radical (unpaired) electrons. The van der Waals surface area contributed by atoms with Crippen molar-refractivity contribution in [3.05, 3.63) is 53.6 Å². The van der Waals surface area contributed by atoms with Crippen LogP contribution >= 0.6 is 0 Å². The van der Waals surface area contributed by atoms with E-state index in [1.165, 1.54) is 36.8 Å². The normalized spacial score (nSPS) is 22.7. The molecule has 4 N–H and O–H groups in total. The SMILES string of the molecule is O[C@H]1CNCC[C@@H]1CNc1cc(NCc2cn3cc(C4CC4)ccc3n2)n2ncc(C3CC3)c2n1. The fourth-order valence-corrected chi connectivity index (χ4v) is 5.23. The van der Waals surface area contributed by atoms with Crippen molar-refractivity contribution in [1.82, 2.24) is 29.3 Å². The number of hydrogen-bond donors (Lipinski definition) is 4. The van der Waals surface area contributed by atoms with E-state index in [0.717, 1.165) is 47.5 Å². The highest BCUT2D eigenvalue weighted by molar-refractivity contribution is 5.61. The van der Waals surface area contributed by atoms with Crippen molar-refractivity contribution >= 4 is 22.9 Å². The fraction of sp³-hybridized carbons (Fsp3) is 0.500. The van der Waals surface area contributed by atoms with Crippen LogP contribution in [0.1, 0.15) is 60.8 Å². The minimum atomic E-state index is -0.329. The van der Waals surface area contributed by atoms with E-state index in [1.807, 2.05) is 16.8 Å². The number of nitrogens with one attached hydrogen (secondary N) is 3. The van der Waals surface area contributed by atoms with E-state index in [9.17, 15) is 5.11 Å². The summed E-state index contributed by atoms with van der Waals surface area (Å²) in [5, 5.41) is 25.3. The maximum atomic E-state index is 10.3. The first kappa shape index (κ1) is 21.1. The molecule has 7 rings (SSSR count). The minimum absolute atomic E-state index is 0.219. The third kappa shape index (κ3) is 4.23. The second kappa shape index (κ2) is 8.49. The second-order valence-corrected chi connectivity index (χ2v) is 10.4. The van der Waals surface area contributed by atoms with Gasteiger partial charge in [-0.25, -0.2) is 9.97 Å². The molecule has 5 heterocycles. The Morgan fingerprint density at radius 3 is 2.74 bits per heavy atom. The predicted molar refractivity (Wildman–Crippen MR) is 135 cm³/mol. The highest BCUT2D eigenvalue weighted by Crippen LogP contribution is 2.42. The monoisotopic (exact) mass is 472 g/mol. The molecular weight excluding hydrogens is 440 g/mol. The van der Waals surface area contributed by atoms with Crippen LogP contribution in [0.2, 0.25) is 0 Å². The number of hydrogen-bond acceptors (Lipinski definition) is 7. The molecule has 2 aliphatic carbocycles. The summed E-state index contributed by atoms with van der Waals surface area (Å²) in [5.74, 6) is 3.22. The molecule has 4 aromatic heterocycles. The Balaban J connectivity index is 1.14. The Kier molecular flexibility index (Phi) is 5.13. The Morgan fingerprint density at radius 2 is 1.91 bits per heavy atom. The number of imidazole rings is 1. The molecule has 0 spiro atoms. The number of piperidine rings is 1. The standard InChI is InChI=1S/C26H32N8O/c35-22-13-27-8-7-18(22)10-28-23-9-25(34-26(32-23)21(12-30-34)17-3-4-17)29-11-20-15-33-14-19(16-1-2-16)5-6-24(33)31-20/h5-6,9,12,14-18,22,27,29,35H,1-4,7-8,10-11,13H2,(H,28,32)/t18-,22+/m1/s1. The number of pyridine rings is 1. The van der Waals surface area contributed by atoms with E-state index in [2.05, 4.69) is 50.0 Å². The molecule has 3 aliphatic rings. The molecule has 9 heteroatoms. The fourth-order valence-electron chi connectivity index (χ4n) is 5.23. The second-order valence-electron chi connectivity index (χ2n) is 10.4. The smallest absolute Gasteiger partial charge is 0.163 e. The van der Waals surface area contributed by atoms with Gasteiger partial charge in [0, 0.05) is 43.0 Å². The molecule has 2 saturated carbocycles. The van der Waals surface area contributed by atoms with E-state index in [1.54, 1.807) is 0 Å². The third-order valence-electron chi connectivity index (χ3n) is 7.67. The van der Waals surface area contributed by atoms with Gasteiger partial charge in [0.05, 0.1) is 24.5 Å². The van der Waals surface area contributed by atoms with Crippen LogP contribution in [0.5, 0.6) is 0 Å². The topological polar surface area (TPSA) is 104 Å². The van der Waals surface area contributed by atoms with Crippen molar-refractivity contribution in [2.75, 3.05) is 30.3 Å². The lowest BCUT2D eigenvalue weighted by Gasteiger charge is -2.28. The summed E-state index contributed by atoms with van der Waals surface area (Å²) in [6.07, 6.45) is 11.9. The van der Waals surface area contributed by atoms with E-state index in [-0.39, 0.29) is 12.0 Å². The summed E-state index contributed by atoms with van der Waals surface area (Å²) in [4.78, 5) is 9.73. The number of nitrogens with zero attached hydrogens (tertiary/aromatic N) is 5. The molecule has 0 unspecified atom stereocenters. The molecule has 1 aliphatic heterocycles. The molecule has 0 bridgehead atoms. The first-order chi connectivity index (χ1) is 17.2. The van der Waals surface area contributed by atoms with E-state index in [4.69, 9.17) is 9.97 Å². The zero-order valence-corrected chi connectivity index (χ0v) is 19.8. The van der Waals surface area contributed by atoms with Gasteiger partial charge >= 0.3 is 0 Å². The molecule has 2 atom stereocenters. The van der Waals surface area contributed by atoms with Gasteiger partial charge in [0.15, 0.2) is 5.65 Å². The van der Waals surface area contributed by atoms with Crippen LogP contribution in [0.4, 0.5) is 11.6 Å². The average molecular weight is 473 g/mol. The van der Waals surface area contributed by atoms with Gasteiger partial charge in [0.25, 0.3) is 0 Å². The van der Waals surface area contributed by atoms with Gasteiger partial charge in [0.2, 0.25) is 0 Å². The number of rotatable bonds is 8. The Morgan fingerprint density at radius 1 is 1.03 bits per heavy atom. The van der Waals surface area contributed by atoms with Crippen molar-refractivity contribution < 1.29 is 5.11 Å². The van der Waals surface area contributed by atoms with Crippen LogP contribution in [0.3, 0.4) is 0 Å². The summed E-state index contributed by atoms with van der Waals surface area (Å²) in [6, 6.07) is 6.35. The van der Waals surface area contributed by atoms with Gasteiger partial charge < -0.3 is 25.5 Å². The lowest BCUT2D eigenvalue weighted by molar-refractivity contribution is 0.0883. The molecular formula is C26H32N8O. The number of anilines is 2. The quantitative estimate of drug-likeness (QED) is 0.312. The molecule has 0 amide bonds. The number of aliphatic hydroxyl groups is 1. The molecule has 182 valence electrons. The number of fused-ring (bicyclic) bond motifs is 2. The van der Waals surface area contributed by atoms with Gasteiger partial charge in [-0.05, 0) is 62.1 Å². The Hall–Kier alpha value is -3.17. The van der Waals surface area contributed by atoms with Gasteiger partial charge in [-0.3, -0.25) is 0 Å². The lowest BCUT2D eigenvalue weighted by atomic mass is 9.95. The van der Waals surface area contributed by atoms with Crippen LogP contribution in [-0.2, 0) is 6.54 Å². The van der Waals surface area contributed by atoms with Crippen LogP contribution in [-0.4, -0.2) is 54.8 Å². The van der Waals surface area contributed by atoms with Gasteiger partial charge in [0.1, 0.15) is 17.3 Å². The maximum Gasteiger partial charge on any atom is 0.163 e. The first-order valence-electron chi connectivity index (χ1n) is 12.9. The van der Waals surface area contributed by atoms with Crippen LogP contribution in [0.25, 0.3) is 11.3 Å². The van der Waals surface area contributed by atoms with Gasteiger partial charge in [-0.15, -0.1) is 0 Å². The number of β-amino-alcohol motifs (C(OH)–C–C–N with tert-alkyl or cyclic N) is 1. The predicted octanol–water partition coefficient (Wildman–Crippen LogP) is 3.13. The third-order valence-corrected chi connectivity index (χ3v) is 7.67. The number of aliphatic hydroxyl groups excluding tert-OH is 1. The molecule has 4 aromatic rings. The van der Waals surface area contributed by atoms with E-state index in [0.29, 0.717) is 25.6 Å². The van der Waals surface area contributed by atoms with Crippen LogP contribution < -0.4 is 16.0 Å². The van der Waals surface area contributed by atoms with Crippen molar-refractivity contribution in [3.63, 3.8) is 0 Å². The highest BCUT2D eigenvalue weighted by atomic mass is 16.3. The Bertz CT molecular complexity index is 1370. The Labute approximate surface area is 204 Å². The molecule has 0 aromatic carbocycles. The molecule has 35 heavy (non-hydrogen) atoms. The zero-order chi connectivity index (χ0) is 23.4. The largest absolute Gasteiger partial charge is 0.391 e. The zero-order valence-electron chi connectivity index (χ0n) is 19.8. The highest BCUT2D eigenvalue weighted by Gasteiger charge is 2.29. The maximum absolute atomic E-state index is 10.3. The van der Waals surface area contributed by atoms with Crippen molar-refractivity contribution in [1.29, 1.82) is 0 Å². The summed E-state index contributed by atoms with van der Waals surface area (Å²) in [7, 11) is 0. The van der Waals surface area contributed by atoms with Crippen LogP contribution in [0, 0.1) is 5.92 Å². The van der Waals surface area contributed by atoms with Crippen LogP contribution in [0.15, 0.2) is 36.8 Å². The van der Waals surface area contributed by atoms with Crippen molar-refractivity contribution in [3.8, 4) is 0 Å². The summed E-state index contributed by atoms with van der Waals surface area (Å²) < 4.78 is 4.06. The first-order valence-corrected chi connectivity index (χ1v) is 12.9. The average Bonchev–Trinajstić information content (AvgIpc) is 3.81. The van der Waals surface area contributed by atoms with Gasteiger partial charge in [-0.2, -0.15) is 9.61 Å². The summed E-state index contributed by atoms with van der Waals surface area (Å²) in [5.41, 5.74) is 5.51. The van der Waals surface area contributed by atoms with Gasteiger partial charge in [-0.1, -0.05) is 6.07 Å². The number of aromatic nitrogens is 5.